The number of furan rings is 1. The first-order chi connectivity index (χ1) is 9.65. The minimum Gasteiger partial charge on any atom is -0.460 e. The summed E-state index contributed by atoms with van der Waals surface area (Å²) in [6.07, 6.45) is 0.886. The summed E-state index contributed by atoms with van der Waals surface area (Å²) in [5.41, 5.74) is 2.03. The first-order valence-electron chi connectivity index (χ1n) is 6.84. The summed E-state index contributed by atoms with van der Waals surface area (Å²) in [7, 11) is 0. The minimum atomic E-state index is 0. The Bertz CT molecular complexity index is 565. The maximum Gasteiger partial charge on any atom is 0.134 e. The number of rotatable bonds is 6. The van der Waals surface area contributed by atoms with Crippen LogP contribution in [0.2, 0.25) is 5.02 Å². The highest BCUT2D eigenvalue weighted by Gasteiger charge is 2.10. The summed E-state index contributed by atoms with van der Waals surface area (Å²) in [5, 5.41) is 13.1. The molecular formula is C16H21Cl2NO2. The van der Waals surface area contributed by atoms with Crippen LogP contribution in [-0.4, -0.2) is 17.8 Å². The van der Waals surface area contributed by atoms with Gasteiger partial charge < -0.3 is 14.8 Å². The van der Waals surface area contributed by atoms with E-state index in [0.717, 1.165) is 34.1 Å². The van der Waals surface area contributed by atoms with Crippen molar-refractivity contribution in [1.29, 1.82) is 0 Å². The maximum atomic E-state index is 9.15. The molecule has 3 nitrogen and oxygen atoms in total. The number of halogens is 2. The van der Waals surface area contributed by atoms with E-state index in [4.69, 9.17) is 21.1 Å². The Hall–Kier alpha value is -1.000. The molecule has 1 aromatic carbocycles. The van der Waals surface area contributed by atoms with Gasteiger partial charge in [-0.25, -0.2) is 0 Å². The molecule has 0 saturated heterocycles. The Morgan fingerprint density at radius 3 is 2.71 bits per heavy atom. The monoisotopic (exact) mass is 329 g/mol. The lowest BCUT2D eigenvalue weighted by Crippen LogP contribution is -2.30. The summed E-state index contributed by atoms with van der Waals surface area (Å²) < 4.78 is 5.84. The van der Waals surface area contributed by atoms with E-state index in [-0.39, 0.29) is 25.1 Å². The van der Waals surface area contributed by atoms with Gasteiger partial charge in [0.05, 0.1) is 13.2 Å². The van der Waals surface area contributed by atoms with Gasteiger partial charge in [-0.2, -0.15) is 0 Å². The third kappa shape index (κ3) is 4.48. The molecule has 0 aliphatic rings. The molecule has 0 saturated carbocycles. The fourth-order valence-corrected chi connectivity index (χ4v) is 2.25. The largest absolute Gasteiger partial charge is 0.460 e. The molecule has 1 heterocycles. The van der Waals surface area contributed by atoms with Crippen LogP contribution in [0, 0.1) is 6.92 Å². The Labute approximate surface area is 136 Å². The van der Waals surface area contributed by atoms with Crippen LogP contribution in [0.3, 0.4) is 0 Å². The van der Waals surface area contributed by atoms with E-state index < -0.39 is 0 Å². The highest BCUT2D eigenvalue weighted by molar-refractivity contribution is 6.31. The highest BCUT2D eigenvalue weighted by Crippen LogP contribution is 2.29. The first kappa shape index (κ1) is 18.1. The van der Waals surface area contributed by atoms with Gasteiger partial charge in [-0.05, 0) is 37.1 Å². The molecule has 0 amide bonds. The Balaban J connectivity index is 0.00000220. The van der Waals surface area contributed by atoms with Gasteiger partial charge >= 0.3 is 0 Å². The zero-order valence-corrected chi connectivity index (χ0v) is 13.8. The zero-order valence-electron chi connectivity index (χ0n) is 12.2. The van der Waals surface area contributed by atoms with Gasteiger partial charge in [0.15, 0.2) is 0 Å². The smallest absolute Gasteiger partial charge is 0.134 e. The number of hydrogen-bond acceptors (Lipinski definition) is 3. The molecule has 1 aromatic heterocycles. The van der Waals surface area contributed by atoms with Crippen LogP contribution in [0.1, 0.15) is 24.7 Å². The van der Waals surface area contributed by atoms with E-state index in [1.54, 1.807) is 0 Å². The van der Waals surface area contributed by atoms with Crippen molar-refractivity contribution >= 4 is 24.0 Å². The van der Waals surface area contributed by atoms with Gasteiger partial charge in [0.25, 0.3) is 0 Å². The minimum absolute atomic E-state index is 0. The Morgan fingerprint density at radius 1 is 1.29 bits per heavy atom. The Kier molecular flexibility index (Phi) is 7.26. The van der Waals surface area contributed by atoms with E-state index in [0.29, 0.717) is 6.54 Å². The van der Waals surface area contributed by atoms with Crippen LogP contribution in [0.4, 0.5) is 0 Å². The van der Waals surface area contributed by atoms with Crippen molar-refractivity contribution in [2.24, 2.45) is 0 Å². The molecule has 0 aliphatic carbocycles. The van der Waals surface area contributed by atoms with E-state index >= 15 is 0 Å². The number of nitrogens with one attached hydrogen (secondary N) is 1. The van der Waals surface area contributed by atoms with Crippen LogP contribution in [0.15, 0.2) is 34.7 Å². The second-order valence-corrected chi connectivity index (χ2v) is 5.25. The lowest BCUT2D eigenvalue weighted by atomic mass is 10.1. The van der Waals surface area contributed by atoms with E-state index in [9.17, 15) is 0 Å². The average molecular weight is 330 g/mol. The SMILES string of the molecule is CCC(CO)NCc1ccc(-c2cccc(Cl)c2C)o1.Cl. The predicted octanol–water partition coefficient (Wildman–Crippen LogP) is 4.19. The van der Waals surface area contributed by atoms with Crippen molar-refractivity contribution in [3.05, 3.63) is 46.7 Å². The molecule has 116 valence electrons. The molecule has 5 heteroatoms. The molecule has 0 spiro atoms. The van der Waals surface area contributed by atoms with Gasteiger partial charge in [-0.3, -0.25) is 0 Å². The average Bonchev–Trinajstić information content (AvgIpc) is 2.92. The van der Waals surface area contributed by atoms with Crippen molar-refractivity contribution in [2.75, 3.05) is 6.61 Å². The maximum absolute atomic E-state index is 9.15. The summed E-state index contributed by atoms with van der Waals surface area (Å²) in [6.45, 7) is 4.77. The molecule has 2 rings (SSSR count). The third-order valence-electron chi connectivity index (χ3n) is 3.47. The van der Waals surface area contributed by atoms with Gasteiger partial charge in [-0.1, -0.05) is 30.7 Å². The van der Waals surface area contributed by atoms with E-state index in [2.05, 4.69) is 5.32 Å². The quantitative estimate of drug-likeness (QED) is 0.835. The summed E-state index contributed by atoms with van der Waals surface area (Å²) in [4.78, 5) is 0. The molecule has 0 aliphatic heterocycles. The van der Waals surface area contributed by atoms with Gasteiger partial charge in [0.1, 0.15) is 11.5 Å². The molecule has 0 bridgehead atoms. The molecule has 2 aromatic rings. The molecule has 21 heavy (non-hydrogen) atoms. The fraction of sp³-hybridized carbons (Fsp3) is 0.375. The number of hydrogen-bond donors (Lipinski definition) is 2. The fourth-order valence-electron chi connectivity index (χ4n) is 2.07. The van der Waals surface area contributed by atoms with Gasteiger partial charge in [0.2, 0.25) is 0 Å². The summed E-state index contributed by atoms with van der Waals surface area (Å²) in [5.74, 6) is 1.67. The van der Waals surface area contributed by atoms with Crippen LogP contribution in [0.25, 0.3) is 11.3 Å². The van der Waals surface area contributed by atoms with Crippen LogP contribution < -0.4 is 5.32 Å². The van der Waals surface area contributed by atoms with E-state index in [1.165, 1.54) is 0 Å². The first-order valence-corrected chi connectivity index (χ1v) is 7.22. The predicted molar refractivity (Wildman–Crippen MR) is 89.1 cm³/mol. The van der Waals surface area contributed by atoms with Gasteiger partial charge in [0, 0.05) is 16.6 Å². The van der Waals surface area contributed by atoms with Crippen molar-refractivity contribution < 1.29 is 9.52 Å². The number of benzene rings is 1. The Morgan fingerprint density at radius 2 is 2.05 bits per heavy atom. The lowest BCUT2D eigenvalue weighted by molar-refractivity contribution is 0.235. The molecule has 0 fully saturated rings. The summed E-state index contributed by atoms with van der Waals surface area (Å²) in [6, 6.07) is 9.81. The van der Waals surface area contributed by atoms with Gasteiger partial charge in [-0.15, -0.1) is 12.4 Å². The highest BCUT2D eigenvalue weighted by atomic mass is 35.5. The zero-order chi connectivity index (χ0) is 14.5. The van der Waals surface area contributed by atoms with Crippen molar-refractivity contribution in [3.8, 4) is 11.3 Å². The van der Waals surface area contributed by atoms with Crippen LogP contribution >= 0.6 is 24.0 Å². The standard InChI is InChI=1S/C16H20ClNO2.ClH/c1-3-12(10-19)18-9-13-7-8-16(20-13)14-5-4-6-15(17)11(14)2;/h4-8,12,18-19H,3,9-10H2,1-2H3;1H. The lowest BCUT2D eigenvalue weighted by Gasteiger charge is -2.12. The second kappa shape index (κ2) is 8.44. The van der Waals surface area contributed by atoms with Crippen molar-refractivity contribution in [3.63, 3.8) is 0 Å². The topological polar surface area (TPSA) is 45.4 Å². The molecule has 0 radical (unpaired) electrons. The van der Waals surface area contributed by atoms with Crippen molar-refractivity contribution in [2.45, 2.75) is 32.9 Å². The van der Waals surface area contributed by atoms with Crippen LogP contribution in [-0.2, 0) is 6.54 Å². The molecule has 1 atom stereocenters. The van der Waals surface area contributed by atoms with Crippen molar-refractivity contribution in [1.82, 2.24) is 5.32 Å². The second-order valence-electron chi connectivity index (χ2n) is 4.85. The molecule has 1 unspecified atom stereocenters. The number of aliphatic hydroxyl groups excluding tert-OH is 1. The number of aliphatic hydroxyl groups is 1. The summed E-state index contributed by atoms with van der Waals surface area (Å²) >= 11 is 6.13. The van der Waals surface area contributed by atoms with Crippen LogP contribution in [0.5, 0.6) is 0 Å². The molecular weight excluding hydrogens is 309 g/mol. The normalized spacial score (nSPS) is 12.0. The van der Waals surface area contributed by atoms with E-state index in [1.807, 2.05) is 44.2 Å². The molecule has 2 N–H and O–H groups in total. The third-order valence-corrected chi connectivity index (χ3v) is 3.88.